The summed E-state index contributed by atoms with van der Waals surface area (Å²) in [5.74, 6) is 0.473. The van der Waals surface area contributed by atoms with Gasteiger partial charge in [0, 0.05) is 23.9 Å². The number of pyridine rings is 1. The summed E-state index contributed by atoms with van der Waals surface area (Å²) in [6, 6.07) is 7.28. The Balaban J connectivity index is 2.47. The monoisotopic (exact) mass is 246 g/mol. The van der Waals surface area contributed by atoms with Crippen molar-refractivity contribution in [3.05, 3.63) is 48.0 Å². The Hall–Kier alpha value is -1.94. The lowest BCUT2D eigenvalue weighted by Crippen LogP contribution is -2.06. The molecule has 0 saturated carbocycles. The van der Waals surface area contributed by atoms with Crippen molar-refractivity contribution in [3.63, 3.8) is 0 Å². The van der Waals surface area contributed by atoms with Crippen molar-refractivity contribution in [2.45, 2.75) is 6.54 Å². The molecule has 0 fully saturated rings. The fraction of sp³-hybridized carbons (Fsp3) is 0.214. The van der Waals surface area contributed by atoms with Gasteiger partial charge in [-0.2, -0.15) is 0 Å². The maximum atomic E-state index is 13.7. The molecule has 4 heteroatoms. The lowest BCUT2D eigenvalue weighted by Gasteiger charge is -2.11. The van der Waals surface area contributed by atoms with Gasteiger partial charge in [-0.1, -0.05) is 6.07 Å². The van der Waals surface area contributed by atoms with E-state index in [0.29, 0.717) is 12.1 Å². The van der Waals surface area contributed by atoms with E-state index in [1.807, 2.05) is 25.2 Å². The van der Waals surface area contributed by atoms with Crippen LogP contribution in [0.1, 0.15) is 5.56 Å². The second kappa shape index (κ2) is 5.60. The number of nitrogens with one attached hydrogen (secondary N) is 1. The van der Waals surface area contributed by atoms with E-state index in [1.165, 1.54) is 6.20 Å². The molecule has 1 heterocycles. The molecule has 0 aliphatic carbocycles. The van der Waals surface area contributed by atoms with Gasteiger partial charge in [-0.05, 0) is 30.8 Å². The van der Waals surface area contributed by atoms with Crippen molar-refractivity contribution >= 4 is 0 Å². The average Bonchev–Trinajstić information content (AvgIpc) is 2.40. The average molecular weight is 246 g/mol. The maximum Gasteiger partial charge on any atom is 0.149 e. The molecule has 2 rings (SSSR count). The molecule has 0 aliphatic heterocycles. The normalized spacial score (nSPS) is 10.4. The van der Waals surface area contributed by atoms with E-state index in [9.17, 15) is 4.39 Å². The summed E-state index contributed by atoms with van der Waals surface area (Å²) in [5, 5.41) is 3.07. The lowest BCUT2D eigenvalue weighted by molar-refractivity contribution is 0.408. The van der Waals surface area contributed by atoms with E-state index in [0.717, 1.165) is 16.9 Å². The summed E-state index contributed by atoms with van der Waals surface area (Å²) in [6.45, 7) is 0.670. The van der Waals surface area contributed by atoms with E-state index in [4.69, 9.17) is 4.74 Å². The highest BCUT2D eigenvalue weighted by Gasteiger charge is 2.08. The van der Waals surface area contributed by atoms with Crippen LogP contribution in [0, 0.1) is 5.82 Å². The number of nitrogens with zero attached hydrogens (tertiary/aromatic N) is 1. The van der Waals surface area contributed by atoms with Crippen LogP contribution in [0.5, 0.6) is 5.75 Å². The van der Waals surface area contributed by atoms with Gasteiger partial charge in [0.25, 0.3) is 0 Å². The van der Waals surface area contributed by atoms with Gasteiger partial charge in [0.1, 0.15) is 11.6 Å². The third kappa shape index (κ3) is 2.49. The molecule has 1 N–H and O–H groups in total. The van der Waals surface area contributed by atoms with Crippen LogP contribution in [-0.2, 0) is 6.54 Å². The number of rotatable bonds is 4. The lowest BCUT2D eigenvalue weighted by atomic mass is 10.0. The standard InChI is InChI=1S/C14H15FN2O/c1-16-8-11-7-10(3-4-14(11)18-2)12-5-6-17-9-13(12)15/h3-7,9,16H,8H2,1-2H3. The van der Waals surface area contributed by atoms with Gasteiger partial charge in [-0.25, -0.2) is 4.39 Å². The quantitative estimate of drug-likeness (QED) is 0.900. The maximum absolute atomic E-state index is 13.7. The van der Waals surface area contributed by atoms with E-state index in [-0.39, 0.29) is 5.82 Å². The number of hydrogen-bond donors (Lipinski definition) is 1. The van der Waals surface area contributed by atoms with Crippen LogP contribution in [0.4, 0.5) is 4.39 Å². The molecule has 2 aromatic rings. The molecular weight excluding hydrogens is 231 g/mol. The third-order valence-corrected chi connectivity index (χ3v) is 2.73. The van der Waals surface area contributed by atoms with E-state index < -0.39 is 0 Å². The molecule has 18 heavy (non-hydrogen) atoms. The highest BCUT2D eigenvalue weighted by molar-refractivity contribution is 5.65. The first-order valence-electron chi connectivity index (χ1n) is 5.67. The summed E-state index contributed by atoms with van der Waals surface area (Å²) in [6.07, 6.45) is 2.80. The smallest absolute Gasteiger partial charge is 0.149 e. The first-order valence-corrected chi connectivity index (χ1v) is 5.67. The first-order chi connectivity index (χ1) is 8.76. The molecule has 3 nitrogen and oxygen atoms in total. The first kappa shape index (κ1) is 12.5. The van der Waals surface area contributed by atoms with Gasteiger partial charge in [-0.15, -0.1) is 0 Å². The van der Waals surface area contributed by atoms with Crippen LogP contribution in [0.15, 0.2) is 36.7 Å². The molecule has 1 aromatic carbocycles. The molecule has 0 spiro atoms. The number of benzene rings is 1. The molecular formula is C14H15FN2O. The Morgan fingerprint density at radius 2 is 2.17 bits per heavy atom. The van der Waals surface area contributed by atoms with Gasteiger partial charge < -0.3 is 10.1 Å². The minimum atomic E-state index is -0.321. The number of methoxy groups -OCH3 is 1. The summed E-state index contributed by atoms with van der Waals surface area (Å²) in [4.78, 5) is 3.75. The fourth-order valence-corrected chi connectivity index (χ4v) is 1.88. The summed E-state index contributed by atoms with van der Waals surface area (Å²) >= 11 is 0. The molecule has 0 atom stereocenters. The summed E-state index contributed by atoms with van der Waals surface area (Å²) < 4.78 is 18.9. The largest absolute Gasteiger partial charge is 0.496 e. The second-order valence-electron chi connectivity index (χ2n) is 3.91. The molecule has 0 amide bonds. The van der Waals surface area contributed by atoms with Crippen molar-refractivity contribution < 1.29 is 9.13 Å². The second-order valence-corrected chi connectivity index (χ2v) is 3.91. The summed E-state index contributed by atoms with van der Waals surface area (Å²) in [7, 11) is 3.49. The predicted molar refractivity (Wildman–Crippen MR) is 68.9 cm³/mol. The Morgan fingerprint density at radius 1 is 1.33 bits per heavy atom. The Kier molecular flexibility index (Phi) is 3.89. The highest BCUT2D eigenvalue weighted by atomic mass is 19.1. The van der Waals surface area contributed by atoms with Crippen molar-refractivity contribution in [2.24, 2.45) is 0 Å². The third-order valence-electron chi connectivity index (χ3n) is 2.73. The Bertz CT molecular complexity index is 543. The van der Waals surface area contributed by atoms with Crippen LogP contribution >= 0.6 is 0 Å². The topological polar surface area (TPSA) is 34.2 Å². The van der Waals surface area contributed by atoms with E-state index in [2.05, 4.69) is 10.3 Å². The van der Waals surface area contributed by atoms with Crippen LogP contribution in [0.25, 0.3) is 11.1 Å². The molecule has 0 unspecified atom stereocenters. The van der Waals surface area contributed by atoms with Gasteiger partial charge in [0.15, 0.2) is 0 Å². The van der Waals surface area contributed by atoms with Gasteiger partial charge >= 0.3 is 0 Å². The Morgan fingerprint density at radius 3 is 2.83 bits per heavy atom. The minimum absolute atomic E-state index is 0.321. The molecule has 1 aromatic heterocycles. The van der Waals surface area contributed by atoms with Crippen molar-refractivity contribution in [1.29, 1.82) is 0 Å². The zero-order chi connectivity index (χ0) is 13.0. The van der Waals surface area contributed by atoms with Gasteiger partial charge in [0.05, 0.1) is 13.3 Å². The Labute approximate surface area is 106 Å². The van der Waals surface area contributed by atoms with Gasteiger partial charge in [-0.3, -0.25) is 4.98 Å². The number of hydrogen-bond acceptors (Lipinski definition) is 3. The molecule has 0 bridgehead atoms. The minimum Gasteiger partial charge on any atom is -0.496 e. The SMILES string of the molecule is CNCc1cc(-c2ccncc2F)ccc1OC. The van der Waals surface area contributed by atoms with Gasteiger partial charge in [0.2, 0.25) is 0 Å². The van der Waals surface area contributed by atoms with E-state index >= 15 is 0 Å². The zero-order valence-electron chi connectivity index (χ0n) is 10.4. The molecule has 0 aliphatic rings. The van der Waals surface area contributed by atoms with E-state index in [1.54, 1.807) is 19.4 Å². The number of aromatic nitrogens is 1. The van der Waals surface area contributed by atoms with Crippen molar-refractivity contribution in [2.75, 3.05) is 14.2 Å². The fourth-order valence-electron chi connectivity index (χ4n) is 1.88. The van der Waals surface area contributed by atoms with Crippen LogP contribution in [-0.4, -0.2) is 19.1 Å². The molecule has 0 radical (unpaired) electrons. The van der Waals surface area contributed by atoms with Crippen molar-refractivity contribution in [1.82, 2.24) is 10.3 Å². The number of ether oxygens (including phenoxy) is 1. The number of halogens is 1. The highest BCUT2D eigenvalue weighted by Crippen LogP contribution is 2.27. The van der Waals surface area contributed by atoms with Crippen LogP contribution < -0.4 is 10.1 Å². The van der Waals surface area contributed by atoms with Crippen molar-refractivity contribution in [3.8, 4) is 16.9 Å². The molecule has 0 saturated heterocycles. The summed E-state index contributed by atoms with van der Waals surface area (Å²) in [5.41, 5.74) is 2.36. The zero-order valence-corrected chi connectivity index (χ0v) is 10.4. The molecule has 94 valence electrons. The van der Waals surface area contributed by atoms with Crippen LogP contribution in [0.2, 0.25) is 0 Å². The predicted octanol–water partition coefficient (Wildman–Crippen LogP) is 2.62. The van der Waals surface area contributed by atoms with Crippen LogP contribution in [0.3, 0.4) is 0 Å².